The van der Waals surface area contributed by atoms with Crippen LogP contribution in [0.15, 0.2) is 91.0 Å². The van der Waals surface area contributed by atoms with E-state index in [0.717, 1.165) is 13.1 Å². The normalized spacial score (nSPS) is 13.5. The van der Waals surface area contributed by atoms with Crippen LogP contribution < -0.4 is 15.9 Å². The van der Waals surface area contributed by atoms with Crippen LogP contribution in [0, 0.1) is 0 Å². The molecule has 3 rings (SSSR count). The first-order valence-corrected chi connectivity index (χ1v) is 11.7. The molecule has 0 aliphatic rings. The molecule has 0 radical (unpaired) electrons. The summed E-state index contributed by atoms with van der Waals surface area (Å²) in [6.07, 6.45) is 0. The Balaban J connectivity index is 2.35. The molecule has 136 valence electrons. The van der Waals surface area contributed by atoms with E-state index >= 15 is 0 Å². The van der Waals surface area contributed by atoms with Crippen molar-refractivity contribution in [1.29, 1.82) is 0 Å². The minimum atomic E-state index is -2.21. The summed E-state index contributed by atoms with van der Waals surface area (Å²) in [6.45, 7) is 9.13. The van der Waals surface area contributed by atoms with Crippen molar-refractivity contribution in [2.75, 3.05) is 13.1 Å². The Morgan fingerprint density at radius 3 is 1.19 bits per heavy atom. The van der Waals surface area contributed by atoms with Crippen molar-refractivity contribution in [2.45, 2.75) is 26.6 Å². The van der Waals surface area contributed by atoms with E-state index < -0.39 is 7.26 Å². The van der Waals surface area contributed by atoms with Crippen LogP contribution in [0.2, 0.25) is 0 Å². The van der Waals surface area contributed by atoms with Crippen molar-refractivity contribution >= 4 is 23.2 Å². The Morgan fingerprint density at radius 1 is 0.615 bits per heavy atom. The fourth-order valence-electron chi connectivity index (χ4n) is 4.37. The summed E-state index contributed by atoms with van der Waals surface area (Å²) >= 11 is 0. The van der Waals surface area contributed by atoms with Gasteiger partial charge in [-0.2, -0.15) is 0 Å². The molecule has 0 saturated heterocycles. The molecule has 1 atom stereocenters. The quantitative estimate of drug-likeness (QED) is 0.563. The topological polar surface area (TPSA) is 3.24 Å². The monoisotopic (exact) mass is 363 g/mol. The number of hydrogen-bond donors (Lipinski definition) is 0. The average Bonchev–Trinajstić information content (AvgIpc) is 2.72. The summed E-state index contributed by atoms with van der Waals surface area (Å²) in [5.41, 5.74) is 0. The van der Waals surface area contributed by atoms with E-state index in [2.05, 4.69) is 117 Å². The van der Waals surface area contributed by atoms with Gasteiger partial charge in [0.05, 0.1) is 0 Å². The first-order chi connectivity index (χ1) is 12.7. The summed E-state index contributed by atoms with van der Waals surface area (Å²) in [7, 11) is -2.21. The van der Waals surface area contributed by atoms with Gasteiger partial charge in [-0.1, -0.05) is 0 Å². The summed E-state index contributed by atoms with van der Waals surface area (Å²) in [4.78, 5) is 2.62. The van der Waals surface area contributed by atoms with E-state index in [1.165, 1.54) is 15.9 Å². The van der Waals surface area contributed by atoms with Gasteiger partial charge in [-0.15, -0.1) is 0 Å². The van der Waals surface area contributed by atoms with E-state index in [0.29, 0.717) is 5.78 Å². The summed E-state index contributed by atoms with van der Waals surface area (Å²) in [5.74, 6) is 0.463. The molecule has 0 aliphatic carbocycles. The zero-order valence-electron chi connectivity index (χ0n) is 16.1. The van der Waals surface area contributed by atoms with Crippen LogP contribution in [0.3, 0.4) is 0 Å². The Bertz CT molecular complexity index is 686. The molecule has 0 saturated carbocycles. The van der Waals surface area contributed by atoms with E-state index in [-0.39, 0.29) is 0 Å². The molecule has 3 aromatic carbocycles. The third kappa shape index (κ3) is 3.34. The SMILES string of the molecule is CCN(CC)C(C)[PH](c1ccccc1)(c1ccccc1)c1ccccc1. The Hall–Kier alpha value is -1.95. The van der Waals surface area contributed by atoms with Crippen LogP contribution in [0.4, 0.5) is 0 Å². The second kappa shape index (κ2) is 8.62. The maximum atomic E-state index is 2.62. The number of nitrogens with zero attached hydrogens (tertiary/aromatic N) is 1. The Morgan fingerprint density at radius 2 is 0.923 bits per heavy atom. The first kappa shape index (κ1) is 18.8. The number of rotatable bonds is 7. The van der Waals surface area contributed by atoms with Crippen LogP contribution in [0.1, 0.15) is 20.8 Å². The van der Waals surface area contributed by atoms with E-state index in [9.17, 15) is 0 Å². The summed E-state index contributed by atoms with van der Waals surface area (Å²) in [5, 5.41) is 4.45. The molecule has 1 nitrogen and oxygen atoms in total. The van der Waals surface area contributed by atoms with Crippen LogP contribution in [0.25, 0.3) is 0 Å². The molecule has 0 N–H and O–H groups in total. The first-order valence-electron chi connectivity index (χ1n) is 9.65. The van der Waals surface area contributed by atoms with Gasteiger partial charge in [0.2, 0.25) is 0 Å². The van der Waals surface area contributed by atoms with Crippen molar-refractivity contribution in [2.24, 2.45) is 0 Å². The van der Waals surface area contributed by atoms with Gasteiger partial charge >= 0.3 is 159 Å². The van der Waals surface area contributed by atoms with Gasteiger partial charge < -0.3 is 0 Å². The summed E-state index contributed by atoms with van der Waals surface area (Å²) < 4.78 is 0. The molecule has 1 unspecified atom stereocenters. The molecular weight excluding hydrogens is 333 g/mol. The zero-order chi connectivity index (χ0) is 18.4. The van der Waals surface area contributed by atoms with E-state index in [1.54, 1.807) is 0 Å². The Kier molecular flexibility index (Phi) is 6.25. The standard InChI is InChI=1S/C24H30NP/c1-4-25(5-2)21(3)26(22-15-9-6-10-16-22,23-17-11-7-12-18-23)24-19-13-8-14-20-24/h6-21,26H,4-5H2,1-3H3. The van der Waals surface area contributed by atoms with E-state index in [4.69, 9.17) is 0 Å². The molecule has 0 heterocycles. The molecule has 0 spiro atoms. The van der Waals surface area contributed by atoms with Crippen LogP contribution >= 0.6 is 7.26 Å². The van der Waals surface area contributed by atoms with Crippen molar-refractivity contribution in [3.63, 3.8) is 0 Å². The van der Waals surface area contributed by atoms with Crippen LogP contribution in [-0.4, -0.2) is 23.8 Å². The fourth-order valence-corrected chi connectivity index (χ4v) is 9.89. The van der Waals surface area contributed by atoms with Crippen molar-refractivity contribution in [1.82, 2.24) is 4.90 Å². The molecule has 0 amide bonds. The van der Waals surface area contributed by atoms with Gasteiger partial charge in [0.15, 0.2) is 0 Å². The number of hydrogen-bond acceptors (Lipinski definition) is 1. The van der Waals surface area contributed by atoms with Gasteiger partial charge in [-0.05, 0) is 0 Å². The van der Waals surface area contributed by atoms with Crippen molar-refractivity contribution in [3.8, 4) is 0 Å². The van der Waals surface area contributed by atoms with Gasteiger partial charge in [0, 0.05) is 0 Å². The predicted octanol–water partition coefficient (Wildman–Crippen LogP) is 4.40. The molecule has 0 aliphatic heterocycles. The van der Waals surface area contributed by atoms with Crippen molar-refractivity contribution in [3.05, 3.63) is 91.0 Å². The molecular formula is C24H30NP. The van der Waals surface area contributed by atoms with Gasteiger partial charge in [-0.25, -0.2) is 0 Å². The number of benzene rings is 3. The van der Waals surface area contributed by atoms with Gasteiger partial charge in [-0.3, -0.25) is 0 Å². The average molecular weight is 363 g/mol. The zero-order valence-corrected chi connectivity index (χ0v) is 17.1. The maximum absolute atomic E-state index is 2.62. The van der Waals surface area contributed by atoms with Gasteiger partial charge in [0.1, 0.15) is 0 Å². The van der Waals surface area contributed by atoms with Crippen molar-refractivity contribution < 1.29 is 0 Å². The van der Waals surface area contributed by atoms with Crippen LogP contribution in [-0.2, 0) is 0 Å². The Labute approximate surface area is 159 Å². The molecule has 26 heavy (non-hydrogen) atoms. The van der Waals surface area contributed by atoms with E-state index in [1.807, 2.05) is 0 Å². The second-order valence-electron chi connectivity index (χ2n) is 6.80. The molecule has 0 aromatic heterocycles. The van der Waals surface area contributed by atoms with Crippen LogP contribution in [0.5, 0.6) is 0 Å². The third-order valence-electron chi connectivity index (χ3n) is 5.67. The predicted molar refractivity (Wildman–Crippen MR) is 119 cm³/mol. The second-order valence-corrected chi connectivity index (χ2v) is 11.0. The molecule has 0 bridgehead atoms. The molecule has 3 aromatic rings. The third-order valence-corrected chi connectivity index (χ3v) is 11.0. The molecule has 2 heteroatoms. The molecule has 0 fully saturated rings. The minimum absolute atomic E-state index is 0.463. The van der Waals surface area contributed by atoms with Gasteiger partial charge in [0.25, 0.3) is 0 Å². The fraction of sp³-hybridized carbons (Fsp3) is 0.250. The summed E-state index contributed by atoms with van der Waals surface area (Å²) in [6, 6.07) is 33.6.